The fraction of sp³-hybridized carbons (Fsp3) is 0.182. The zero-order valence-electron chi connectivity index (χ0n) is 15.6. The van der Waals surface area contributed by atoms with Gasteiger partial charge in [0.1, 0.15) is 5.75 Å². The van der Waals surface area contributed by atoms with Crippen LogP contribution in [0.1, 0.15) is 38.7 Å². The Hall–Kier alpha value is -3.12. The van der Waals surface area contributed by atoms with Crippen LogP contribution in [-0.4, -0.2) is 18.9 Å². The number of hydrogen-bond acceptors (Lipinski definition) is 4. The number of fused-ring (bicyclic) bond motifs is 1. The van der Waals surface area contributed by atoms with E-state index in [-0.39, 0.29) is 17.7 Å². The van der Waals surface area contributed by atoms with Gasteiger partial charge in [-0.15, -0.1) is 11.3 Å². The molecule has 0 fully saturated rings. The van der Waals surface area contributed by atoms with Gasteiger partial charge >= 0.3 is 0 Å². The number of benzene rings is 2. The predicted molar refractivity (Wildman–Crippen MR) is 112 cm³/mol. The third-order valence-corrected chi connectivity index (χ3v) is 6.14. The number of rotatable bonds is 4. The van der Waals surface area contributed by atoms with Crippen molar-refractivity contribution < 1.29 is 14.3 Å². The molecule has 1 aliphatic rings. The Morgan fingerprint density at radius 3 is 2.71 bits per heavy atom. The Balaban J connectivity index is 1.72. The summed E-state index contributed by atoms with van der Waals surface area (Å²) >= 11 is 1.33. The van der Waals surface area contributed by atoms with E-state index >= 15 is 0 Å². The molecule has 1 aliphatic heterocycles. The molecule has 2 aromatic carbocycles. The number of methoxy groups -OCH3 is 1. The molecule has 1 atom stereocenters. The van der Waals surface area contributed by atoms with Crippen molar-refractivity contribution in [2.75, 3.05) is 17.7 Å². The highest BCUT2D eigenvalue weighted by atomic mass is 32.1. The zero-order valence-corrected chi connectivity index (χ0v) is 16.4. The summed E-state index contributed by atoms with van der Waals surface area (Å²) in [5.41, 5.74) is 3.66. The molecule has 5 nitrogen and oxygen atoms in total. The average Bonchev–Trinajstić information content (AvgIpc) is 3.04. The molecular weight excluding hydrogens is 372 g/mol. The first-order valence-electron chi connectivity index (χ1n) is 9.00. The van der Waals surface area contributed by atoms with Crippen molar-refractivity contribution in [1.82, 2.24) is 0 Å². The van der Waals surface area contributed by atoms with Gasteiger partial charge in [0.15, 0.2) is 0 Å². The van der Waals surface area contributed by atoms with Gasteiger partial charge in [-0.1, -0.05) is 30.3 Å². The molecule has 3 aromatic rings. The van der Waals surface area contributed by atoms with Crippen molar-refractivity contribution in [3.05, 3.63) is 76.2 Å². The summed E-state index contributed by atoms with van der Waals surface area (Å²) < 4.78 is 5.34. The second-order valence-electron chi connectivity index (χ2n) is 6.70. The van der Waals surface area contributed by atoms with Crippen LogP contribution in [0.15, 0.2) is 54.6 Å². The van der Waals surface area contributed by atoms with E-state index in [1.54, 1.807) is 7.11 Å². The largest absolute Gasteiger partial charge is 0.497 e. The molecule has 1 aromatic heterocycles. The molecule has 0 aliphatic carbocycles. The molecule has 6 heteroatoms. The van der Waals surface area contributed by atoms with E-state index in [1.807, 2.05) is 61.5 Å². The number of thiophene rings is 1. The molecular formula is C22H20N2O3S. The Morgan fingerprint density at radius 2 is 1.96 bits per heavy atom. The molecule has 0 radical (unpaired) electrons. The van der Waals surface area contributed by atoms with Crippen molar-refractivity contribution in [3.8, 4) is 5.75 Å². The minimum atomic E-state index is -0.165. The predicted octanol–water partition coefficient (Wildman–Crippen LogP) is 4.79. The van der Waals surface area contributed by atoms with Crippen molar-refractivity contribution in [1.29, 1.82) is 0 Å². The van der Waals surface area contributed by atoms with Crippen LogP contribution in [0.25, 0.3) is 0 Å². The van der Waals surface area contributed by atoms with Crippen LogP contribution in [0, 0.1) is 6.92 Å². The number of amides is 2. The first-order chi connectivity index (χ1) is 13.6. The maximum absolute atomic E-state index is 12.8. The fourth-order valence-corrected chi connectivity index (χ4v) is 4.75. The molecule has 0 saturated heterocycles. The van der Waals surface area contributed by atoms with Crippen LogP contribution in [0.2, 0.25) is 0 Å². The SMILES string of the molecule is COc1cccc(C2CC(=O)Nc3sc(C(=O)Nc4ccccc4)c(C)c32)c1. The summed E-state index contributed by atoms with van der Waals surface area (Å²) in [6.07, 6.45) is 0.345. The summed E-state index contributed by atoms with van der Waals surface area (Å²) in [5, 5.41) is 6.62. The standard InChI is InChI=1S/C22H20N2O3S/c1-13-19-17(14-7-6-10-16(11-14)27-2)12-18(25)24-22(19)28-20(13)21(26)23-15-8-4-3-5-9-15/h3-11,17H,12H2,1-2H3,(H,23,26)(H,24,25). The van der Waals surface area contributed by atoms with Crippen molar-refractivity contribution in [3.63, 3.8) is 0 Å². The van der Waals surface area contributed by atoms with Gasteiger partial charge in [0.05, 0.1) is 17.0 Å². The van der Waals surface area contributed by atoms with Crippen molar-refractivity contribution >= 4 is 33.8 Å². The van der Waals surface area contributed by atoms with E-state index in [9.17, 15) is 9.59 Å². The molecule has 2 heterocycles. The van der Waals surface area contributed by atoms with E-state index in [0.717, 1.165) is 33.1 Å². The monoisotopic (exact) mass is 392 g/mol. The number of anilines is 2. The Bertz CT molecular complexity index is 1040. The van der Waals surface area contributed by atoms with Crippen LogP contribution >= 0.6 is 11.3 Å². The Kier molecular flexibility index (Phi) is 4.88. The second kappa shape index (κ2) is 7.48. The number of nitrogens with one attached hydrogen (secondary N) is 2. The lowest BCUT2D eigenvalue weighted by molar-refractivity contribution is -0.116. The van der Waals surface area contributed by atoms with Gasteiger partial charge in [0.2, 0.25) is 5.91 Å². The van der Waals surface area contributed by atoms with Gasteiger partial charge in [-0.2, -0.15) is 0 Å². The van der Waals surface area contributed by atoms with Crippen LogP contribution in [-0.2, 0) is 4.79 Å². The Labute approximate surface area is 167 Å². The summed E-state index contributed by atoms with van der Waals surface area (Å²) in [4.78, 5) is 25.8. The smallest absolute Gasteiger partial charge is 0.266 e. The number of carbonyl (C=O) groups excluding carboxylic acids is 2. The van der Waals surface area contributed by atoms with E-state index in [4.69, 9.17) is 4.74 Å². The van der Waals surface area contributed by atoms with Crippen LogP contribution in [0.4, 0.5) is 10.7 Å². The van der Waals surface area contributed by atoms with Gasteiger partial charge < -0.3 is 15.4 Å². The van der Waals surface area contributed by atoms with Gasteiger partial charge in [0, 0.05) is 18.0 Å². The third kappa shape index (κ3) is 3.39. The first kappa shape index (κ1) is 18.3. The zero-order chi connectivity index (χ0) is 19.7. The molecule has 0 saturated carbocycles. The molecule has 4 rings (SSSR count). The van der Waals surface area contributed by atoms with E-state index in [2.05, 4.69) is 10.6 Å². The maximum Gasteiger partial charge on any atom is 0.266 e. The van der Waals surface area contributed by atoms with Crippen LogP contribution < -0.4 is 15.4 Å². The number of carbonyl (C=O) groups is 2. The molecule has 142 valence electrons. The highest BCUT2D eigenvalue weighted by molar-refractivity contribution is 7.18. The average molecular weight is 392 g/mol. The topological polar surface area (TPSA) is 67.4 Å². The molecule has 2 N–H and O–H groups in total. The van der Waals surface area contributed by atoms with Crippen molar-refractivity contribution in [2.45, 2.75) is 19.3 Å². The summed E-state index contributed by atoms with van der Waals surface area (Å²) in [6.45, 7) is 1.94. The highest BCUT2D eigenvalue weighted by Crippen LogP contribution is 2.45. The lowest BCUT2D eigenvalue weighted by atomic mass is 9.85. The molecule has 0 bridgehead atoms. The van der Waals surface area contributed by atoms with Crippen LogP contribution in [0.3, 0.4) is 0 Å². The van der Waals surface area contributed by atoms with E-state index in [0.29, 0.717) is 11.3 Å². The second-order valence-corrected chi connectivity index (χ2v) is 7.72. The van der Waals surface area contributed by atoms with Crippen LogP contribution in [0.5, 0.6) is 5.75 Å². The summed E-state index contributed by atoms with van der Waals surface area (Å²) in [6, 6.07) is 17.1. The van der Waals surface area contributed by atoms with Crippen molar-refractivity contribution in [2.24, 2.45) is 0 Å². The molecule has 2 amide bonds. The van der Waals surface area contributed by atoms with Gasteiger partial charge in [-0.3, -0.25) is 9.59 Å². The third-order valence-electron chi connectivity index (χ3n) is 4.92. The number of hydrogen-bond donors (Lipinski definition) is 2. The lowest BCUT2D eigenvalue weighted by Crippen LogP contribution is -2.22. The van der Waals surface area contributed by atoms with E-state index < -0.39 is 0 Å². The van der Waals surface area contributed by atoms with Gasteiger partial charge in [0.25, 0.3) is 5.91 Å². The molecule has 1 unspecified atom stereocenters. The molecule has 0 spiro atoms. The number of ether oxygens (including phenoxy) is 1. The van der Waals surface area contributed by atoms with E-state index in [1.165, 1.54) is 11.3 Å². The maximum atomic E-state index is 12.8. The quantitative estimate of drug-likeness (QED) is 0.671. The normalized spacial score (nSPS) is 15.5. The fourth-order valence-electron chi connectivity index (χ4n) is 3.57. The minimum absolute atomic E-state index is 0.0448. The lowest BCUT2D eigenvalue weighted by Gasteiger charge is -2.24. The summed E-state index contributed by atoms with van der Waals surface area (Å²) in [5.74, 6) is 0.437. The number of para-hydroxylation sites is 1. The Morgan fingerprint density at radius 1 is 1.18 bits per heavy atom. The van der Waals surface area contributed by atoms with Gasteiger partial charge in [-0.25, -0.2) is 0 Å². The minimum Gasteiger partial charge on any atom is -0.497 e. The van der Waals surface area contributed by atoms with Gasteiger partial charge in [-0.05, 0) is 47.9 Å². The first-order valence-corrected chi connectivity index (χ1v) is 9.82. The molecule has 28 heavy (non-hydrogen) atoms. The highest BCUT2D eigenvalue weighted by Gasteiger charge is 2.33. The summed E-state index contributed by atoms with van der Waals surface area (Å²) in [7, 11) is 1.62.